The van der Waals surface area contributed by atoms with Crippen LogP contribution in [-0.2, 0) is 32.1 Å². The summed E-state index contributed by atoms with van der Waals surface area (Å²) < 4.78 is 29.3. The lowest BCUT2D eigenvalue weighted by Crippen LogP contribution is -2.08. The number of pyridine rings is 1. The van der Waals surface area contributed by atoms with Crippen molar-refractivity contribution in [1.82, 2.24) is 4.98 Å². The second kappa shape index (κ2) is 7.48. The lowest BCUT2D eigenvalue weighted by Gasteiger charge is -2.07. The normalized spacial score (nSPS) is 11.4. The molecule has 0 aliphatic heterocycles. The number of benzene rings is 1. The van der Waals surface area contributed by atoms with E-state index >= 15 is 0 Å². The second-order valence-corrected chi connectivity index (χ2v) is 6.97. The van der Waals surface area contributed by atoms with E-state index in [1.807, 2.05) is 6.92 Å². The van der Waals surface area contributed by atoms with Crippen LogP contribution < -0.4 is 0 Å². The maximum absolute atomic E-state index is 12.1. The van der Waals surface area contributed by atoms with E-state index in [-0.39, 0.29) is 17.3 Å². The van der Waals surface area contributed by atoms with Crippen LogP contribution in [0, 0.1) is 6.92 Å². The molecular formula is C17H19NO4S. The average molecular weight is 333 g/mol. The molecule has 6 heteroatoms. The number of ketones is 1. The molecule has 2 rings (SSSR count). The molecule has 1 aromatic heterocycles. The van der Waals surface area contributed by atoms with Gasteiger partial charge in [-0.2, -0.15) is 8.42 Å². The van der Waals surface area contributed by atoms with Gasteiger partial charge in [0.05, 0.1) is 10.6 Å². The molecule has 0 aliphatic carbocycles. The minimum absolute atomic E-state index is 0.0930. The number of aryl methyl sites for hydroxylation is 2. The van der Waals surface area contributed by atoms with Crippen molar-refractivity contribution in [2.75, 3.05) is 0 Å². The molecule has 0 fully saturated rings. The second-order valence-electron chi connectivity index (χ2n) is 5.35. The zero-order valence-corrected chi connectivity index (χ0v) is 14.0. The summed E-state index contributed by atoms with van der Waals surface area (Å²) in [6.07, 6.45) is 0.951. The van der Waals surface area contributed by atoms with Crippen molar-refractivity contribution in [3.63, 3.8) is 0 Å². The average Bonchev–Trinajstić information content (AvgIpc) is 2.52. The van der Waals surface area contributed by atoms with Crippen LogP contribution in [0.25, 0.3) is 0 Å². The fourth-order valence-electron chi connectivity index (χ4n) is 1.96. The fraction of sp³-hybridized carbons (Fsp3) is 0.294. The van der Waals surface area contributed by atoms with E-state index in [2.05, 4.69) is 4.98 Å². The van der Waals surface area contributed by atoms with E-state index in [4.69, 9.17) is 4.18 Å². The van der Waals surface area contributed by atoms with Crippen LogP contribution >= 0.6 is 0 Å². The highest BCUT2D eigenvalue weighted by Crippen LogP contribution is 2.15. The summed E-state index contributed by atoms with van der Waals surface area (Å²) in [6, 6.07) is 11.7. The Hall–Kier alpha value is -2.05. The first-order valence-corrected chi connectivity index (χ1v) is 8.68. The smallest absolute Gasteiger partial charge is 0.297 e. The zero-order valence-electron chi connectivity index (χ0n) is 13.2. The number of aromatic nitrogens is 1. The number of hydrogen-bond donors (Lipinski definition) is 0. The third kappa shape index (κ3) is 5.26. The van der Waals surface area contributed by atoms with Crippen LogP contribution in [-0.4, -0.2) is 19.2 Å². The SMILES string of the molecule is CC(=O)CCc1cccc(COS(=O)(=O)c2ccc(C)cc2)n1. The van der Waals surface area contributed by atoms with Gasteiger partial charge in [0.15, 0.2) is 0 Å². The van der Waals surface area contributed by atoms with Crippen LogP contribution in [0.5, 0.6) is 0 Å². The monoisotopic (exact) mass is 333 g/mol. The Morgan fingerprint density at radius 1 is 1.09 bits per heavy atom. The quantitative estimate of drug-likeness (QED) is 0.729. The molecule has 0 saturated carbocycles. The van der Waals surface area contributed by atoms with Crippen molar-refractivity contribution in [1.29, 1.82) is 0 Å². The number of carbonyl (C=O) groups excluding carboxylic acids is 1. The van der Waals surface area contributed by atoms with Crippen molar-refractivity contribution in [3.05, 3.63) is 59.4 Å². The van der Waals surface area contributed by atoms with E-state index in [9.17, 15) is 13.2 Å². The van der Waals surface area contributed by atoms with Gasteiger partial charge in [-0.3, -0.25) is 9.17 Å². The summed E-state index contributed by atoms with van der Waals surface area (Å²) in [6.45, 7) is 3.28. The van der Waals surface area contributed by atoms with Gasteiger partial charge in [0.2, 0.25) is 0 Å². The third-order valence-electron chi connectivity index (χ3n) is 3.27. The van der Waals surface area contributed by atoms with Gasteiger partial charge in [-0.25, -0.2) is 0 Å². The Kier molecular flexibility index (Phi) is 5.63. The molecule has 0 N–H and O–H groups in total. The Labute approximate surface area is 136 Å². The van der Waals surface area contributed by atoms with Crippen LogP contribution in [0.2, 0.25) is 0 Å². The topological polar surface area (TPSA) is 73.3 Å². The molecule has 0 unspecified atom stereocenters. The molecular weight excluding hydrogens is 314 g/mol. The van der Waals surface area contributed by atoms with Crippen molar-refractivity contribution in [2.45, 2.75) is 38.2 Å². The predicted octanol–water partition coefficient (Wildman–Crippen LogP) is 2.82. The molecule has 122 valence electrons. The van der Waals surface area contributed by atoms with Gasteiger partial charge in [-0.05, 0) is 44.5 Å². The standard InChI is InChI=1S/C17H19NO4S/c1-13-6-10-17(11-7-13)23(20,21)22-12-16-5-3-4-15(18-16)9-8-14(2)19/h3-7,10-11H,8-9,12H2,1-2H3. The van der Waals surface area contributed by atoms with E-state index in [1.165, 1.54) is 19.1 Å². The first-order chi connectivity index (χ1) is 10.9. The molecule has 0 atom stereocenters. The van der Waals surface area contributed by atoms with Gasteiger partial charge in [0.25, 0.3) is 10.1 Å². The lowest BCUT2D eigenvalue weighted by molar-refractivity contribution is -0.117. The lowest BCUT2D eigenvalue weighted by atomic mass is 10.1. The van der Waals surface area contributed by atoms with Gasteiger partial charge in [0, 0.05) is 12.1 Å². The van der Waals surface area contributed by atoms with Crippen LogP contribution in [0.3, 0.4) is 0 Å². The molecule has 0 spiro atoms. The first kappa shape index (κ1) is 17.3. The molecule has 0 bridgehead atoms. The summed E-state index contributed by atoms with van der Waals surface area (Å²) >= 11 is 0. The van der Waals surface area contributed by atoms with Gasteiger partial charge in [-0.15, -0.1) is 0 Å². The van der Waals surface area contributed by atoms with Crippen LogP contribution in [0.1, 0.15) is 30.3 Å². The number of Topliss-reactive ketones (excluding diaryl/α,β-unsaturated/α-hetero) is 1. The molecule has 1 heterocycles. The summed E-state index contributed by atoms with van der Waals surface area (Å²) in [4.78, 5) is 15.4. The van der Waals surface area contributed by atoms with Gasteiger partial charge in [-0.1, -0.05) is 23.8 Å². The maximum atomic E-state index is 12.1. The highest BCUT2D eigenvalue weighted by Gasteiger charge is 2.15. The number of carbonyl (C=O) groups is 1. The van der Waals surface area contributed by atoms with Crippen molar-refractivity contribution >= 4 is 15.9 Å². The van der Waals surface area contributed by atoms with Crippen molar-refractivity contribution < 1.29 is 17.4 Å². The minimum atomic E-state index is -3.81. The number of nitrogens with zero attached hydrogens (tertiary/aromatic N) is 1. The highest BCUT2D eigenvalue weighted by molar-refractivity contribution is 7.86. The van der Waals surface area contributed by atoms with Gasteiger partial charge >= 0.3 is 0 Å². The Morgan fingerprint density at radius 3 is 2.39 bits per heavy atom. The van der Waals surface area contributed by atoms with Gasteiger partial charge in [0.1, 0.15) is 12.4 Å². The highest BCUT2D eigenvalue weighted by atomic mass is 32.2. The summed E-state index contributed by atoms with van der Waals surface area (Å²) in [5.41, 5.74) is 2.24. The van der Waals surface area contributed by atoms with Crippen molar-refractivity contribution in [2.24, 2.45) is 0 Å². The van der Waals surface area contributed by atoms with E-state index < -0.39 is 10.1 Å². The van der Waals surface area contributed by atoms with E-state index in [1.54, 1.807) is 30.3 Å². The summed E-state index contributed by atoms with van der Waals surface area (Å²) in [5, 5.41) is 0. The predicted molar refractivity (Wildman–Crippen MR) is 86.4 cm³/mol. The molecule has 0 amide bonds. The minimum Gasteiger partial charge on any atom is -0.300 e. The molecule has 1 aromatic carbocycles. The largest absolute Gasteiger partial charge is 0.300 e. The van der Waals surface area contributed by atoms with E-state index in [0.29, 0.717) is 18.5 Å². The Morgan fingerprint density at radius 2 is 1.74 bits per heavy atom. The Balaban J connectivity index is 2.03. The molecule has 0 radical (unpaired) electrons. The van der Waals surface area contributed by atoms with E-state index in [0.717, 1.165) is 11.3 Å². The number of hydrogen-bond acceptors (Lipinski definition) is 5. The first-order valence-electron chi connectivity index (χ1n) is 7.27. The van der Waals surface area contributed by atoms with Crippen LogP contribution in [0.4, 0.5) is 0 Å². The van der Waals surface area contributed by atoms with Crippen LogP contribution in [0.15, 0.2) is 47.4 Å². The maximum Gasteiger partial charge on any atom is 0.297 e. The van der Waals surface area contributed by atoms with Crippen molar-refractivity contribution in [3.8, 4) is 0 Å². The molecule has 0 saturated heterocycles. The fourth-order valence-corrected chi connectivity index (χ4v) is 2.85. The summed E-state index contributed by atoms with van der Waals surface area (Å²) in [5.74, 6) is 0.0930. The molecule has 23 heavy (non-hydrogen) atoms. The zero-order chi connectivity index (χ0) is 16.9. The molecule has 5 nitrogen and oxygen atoms in total. The molecule has 0 aliphatic rings. The number of rotatable bonds is 7. The molecule has 2 aromatic rings. The van der Waals surface area contributed by atoms with Gasteiger partial charge < -0.3 is 4.79 Å². The Bertz CT molecular complexity index is 782. The third-order valence-corrected chi connectivity index (χ3v) is 4.55. The summed E-state index contributed by atoms with van der Waals surface area (Å²) in [7, 11) is -3.81.